The molecule has 3 nitrogen and oxygen atoms in total. The molecule has 3 heteroatoms. The van der Waals surface area contributed by atoms with E-state index in [1.807, 2.05) is 0 Å². The Bertz CT molecular complexity index is 371. The molecule has 0 spiro atoms. The van der Waals surface area contributed by atoms with E-state index in [1.165, 1.54) is 11.1 Å². The van der Waals surface area contributed by atoms with E-state index in [9.17, 15) is 0 Å². The molecule has 2 rings (SSSR count). The molecule has 1 fully saturated rings. The summed E-state index contributed by atoms with van der Waals surface area (Å²) in [5, 5.41) is 3.40. The molecule has 1 aliphatic heterocycles. The van der Waals surface area contributed by atoms with Crippen LogP contribution in [0.15, 0.2) is 24.3 Å². The third-order valence-corrected chi connectivity index (χ3v) is 3.90. The molecule has 1 aromatic rings. The predicted molar refractivity (Wildman–Crippen MR) is 82.0 cm³/mol. The van der Waals surface area contributed by atoms with E-state index < -0.39 is 0 Å². The van der Waals surface area contributed by atoms with Crippen LogP contribution < -0.4 is 5.32 Å². The molecule has 1 atom stereocenters. The molecular formula is C17H27NO2. The molecule has 1 aliphatic rings. The van der Waals surface area contributed by atoms with Crippen molar-refractivity contribution >= 4 is 0 Å². The van der Waals surface area contributed by atoms with Crippen molar-refractivity contribution in [3.63, 3.8) is 0 Å². The number of likely N-dealkylation sites (N-methyl/N-ethyl adjacent to an activating group) is 1. The summed E-state index contributed by atoms with van der Waals surface area (Å²) in [6.45, 7) is 8.71. The van der Waals surface area contributed by atoms with Crippen molar-refractivity contribution in [3.05, 3.63) is 35.4 Å². The standard InChI is InChI=1S/C17H27NO2/c1-3-18-12-17(16-6-4-14(2)5-7-16)20-13-15-8-10-19-11-9-15/h4-7,15,17-18H,3,8-13H2,1-2H3. The minimum atomic E-state index is 0.151. The molecule has 0 saturated carbocycles. The third kappa shape index (κ3) is 4.89. The minimum Gasteiger partial charge on any atom is -0.381 e. The zero-order valence-electron chi connectivity index (χ0n) is 12.7. The van der Waals surface area contributed by atoms with Crippen molar-refractivity contribution in [2.45, 2.75) is 32.8 Å². The van der Waals surface area contributed by atoms with Gasteiger partial charge in [-0.2, -0.15) is 0 Å². The SMILES string of the molecule is CCNCC(OCC1CCOCC1)c1ccc(C)cc1. The lowest BCUT2D eigenvalue weighted by atomic mass is 10.0. The maximum absolute atomic E-state index is 6.19. The number of rotatable bonds is 7. The van der Waals surface area contributed by atoms with Gasteiger partial charge in [-0.1, -0.05) is 36.8 Å². The fraction of sp³-hybridized carbons (Fsp3) is 0.647. The highest BCUT2D eigenvalue weighted by Gasteiger charge is 2.17. The van der Waals surface area contributed by atoms with E-state index in [-0.39, 0.29) is 6.10 Å². The Morgan fingerprint density at radius 3 is 2.60 bits per heavy atom. The van der Waals surface area contributed by atoms with Crippen molar-refractivity contribution in [2.24, 2.45) is 5.92 Å². The van der Waals surface area contributed by atoms with Crippen LogP contribution in [0.1, 0.15) is 37.0 Å². The number of nitrogens with one attached hydrogen (secondary N) is 1. The van der Waals surface area contributed by atoms with Gasteiger partial charge in [0.25, 0.3) is 0 Å². The summed E-state index contributed by atoms with van der Waals surface area (Å²) >= 11 is 0. The Labute approximate surface area is 122 Å². The summed E-state index contributed by atoms with van der Waals surface area (Å²) in [6, 6.07) is 8.68. The normalized spacial score (nSPS) is 18.1. The van der Waals surface area contributed by atoms with Crippen LogP contribution in [-0.2, 0) is 9.47 Å². The minimum absolute atomic E-state index is 0.151. The summed E-state index contributed by atoms with van der Waals surface area (Å²) in [7, 11) is 0. The van der Waals surface area contributed by atoms with Crippen LogP contribution in [0.5, 0.6) is 0 Å². The third-order valence-electron chi connectivity index (χ3n) is 3.90. The van der Waals surface area contributed by atoms with Gasteiger partial charge in [0.2, 0.25) is 0 Å². The molecule has 1 saturated heterocycles. The van der Waals surface area contributed by atoms with E-state index >= 15 is 0 Å². The molecule has 0 bridgehead atoms. The first-order valence-corrected chi connectivity index (χ1v) is 7.76. The topological polar surface area (TPSA) is 30.5 Å². The van der Waals surface area contributed by atoms with E-state index in [4.69, 9.17) is 9.47 Å². The largest absolute Gasteiger partial charge is 0.381 e. The molecule has 20 heavy (non-hydrogen) atoms. The summed E-state index contributed by atoms with van der Waals surface area (Å²) in [5.74, 6) is 0.651. The molecular weight excluding hydrogens is 250 g/mol. The average molecular weight is 277 g/mol. The lowest BCUT2D eigenvalue weighted by Gasteiger charge is -2.25. The van der Waals surface area contributed by atoms with Crippen LogP contribution in [0.2, 0.25) is 0 Å². The Hall–Kier alpha value is -0.900. The summed E-state index contributed by atoms with van der Waals surface area (Å²) in [5.41, 5.74) is 2.56. The molecule has 1 aromatic carbocycles. The zero-order valence-corrected chi connectivity index (χ0v) is 12.7. The molecule has 0 amide bonds. The number of hydrogen-bond acceptors (Lipinski definition) is 3. The molecule has 1 heterocycles. The Morgan fingerprint density at radius 2 is 1.95 bits per heavy atom. The van der Waals surface area contributed by atoms with Gasteiger partial charge < -0.3 is 14.8 Å². The molecule has 0 radical (unpaired) electrons. The second kappa shape index (κ2) is 8.40. The molecule has 1 unspecified atom stereocenters. The van der Waals surface area contributed by atoms with Gasteiger partial charge in [0, 0.05) is 19.8 Å². The van der Waals surface area contributed by atoms with Crippen molar-refractivity contribution < 1.29 is 9.47 Å². The van der Waals surface area contributed by atoms with Gasteiger partial charge in [-0.05, 0) is 37.8 Å². The highest BCUT2D eigenvalue weighted by atomic mass is 16.5. The maximum atomic E-state index is 6.19. The van der Waals surface area contributed by atoms with Gasteiger partial charge >= 0.3 is 0 Å². The van der Waals surface area contributed by atoms with Crippen molar-refractivity contribution in [1.82, 2.24) is 5.32 Å². The lowest BCUT2D eigenvalue weighted by Crippen LogP contribution is -2.26. The van der Waals surface area contributed by atoms with Crippen molar-refractivity contribution in [3.8, 4) is 0 Å². The number of aryl methyl sites for hydroxylation is 1. The van der Waals surface area contributed by atoms with Gasteiger partial charge in [-0.3, -0.25) is 0 Å². The van der Waals surface area contributed by atoms with Crippen LogP contribution in [-0.4, -0.2) is 32.9 Å². The smallest absolute Gasteiger partial charge is 0.0949 e. The predicted octanol–water partition coefficient (Wildman–Crippen LogP) is 3.09. The summed E-state index contributed by atoms with van der Waals surface area (Å²) in [4.78, 5) is 0. The highest BCUT2D eigenvalue weighted by molar-refractivity contribution is 5.23. The number of hydrogen-bond donors (Lipinski definition) is 1. The first kappa shape index (κ1) is 15.5. The average Bonchev–Trinajstić information content (AvgIpc) is 2.50. The van der Waals surface area contributed by atoms with Gasteiger partial charge in [0.1, 0.15) is 0 Å². The van der Waals surface area contributed by atoms with Crippen LogP contribution in [0.3, 0.4) is 0 Å². The maximum Gasteiger partial charge on any atom is 0.0949 e. The second-order valence-corrected chi connectivity index (χ2v) is 5.60. The zero-order chi connectivity index (χ0) is 14.2. The first-order chi connectivity index (χ1) is 9.79. The van der Waals surface area contributed by atoms with Crippen molar-refractivity contribution in [1.29, 1.82) is 0 Å². The number of benzene rings is 1. The van der Waals surface area contributed by atoms with E-state index in [2.05, 4.69) is 43.4 Å². The second-order valence-electron chi connectivity index (χ2n) is 5.60. The highest BCUT2D eigenvalue weighted by Crippen LogP contribution is 2.21. The Kier molecular flexibility index (Phi) is 6.51. The van der Waals surface area contributed by atoms with Gasteiger partial charge in [-0.15, -0.1) is 0 Å². The van der Waals surface area contributed by atoms with E-state index in [0.717, 1.165) is 45.8 Å². The van der Waals surface area contributed by atoms with Crippen LogP contribution >= 0.6 is 0 Å². The Morgan fingerprint density at radius 1 is 1.25 bits per heavy atom. The van der Waals surface area contributed by atoms with Crippen LogP contribution in [0.4, 0.5) is 0 Å². The Balaban J connectivity index is 1.90. The fourth-order valence-electron chi connectivity index (χ4n) is 2.49. The quantitative estimate of drug-likeness (QED) is 0.831. The monoisotopic (exact) mass is 277 g/mol. The first-order valence-electron chi connectivity index (χ1n) is 7.76. The molecule has 0 aromatic heterocycles. The van der Waals surface area contributed by atoms with E-state index in [0.29, 0.717) is 5.92 Å². The van der Waals surface area contributed by atoms with Gasteiger partial charge in [0.05, 0.1) is 12.7 Å². The van der Waals surface area contributed by atoms with Crippen LogP contribution in [0, 0.1) is 12.8 Å². The lowest BCUT2D eigenvalue weighted by molar-refractivity contribution is -0.0112. The molecule has 1 N–H and O–H groups in total. The fourth-order valence-corrected chi connectivity index (χ4v) is 2.49. The van der Waals surface area contributed by atoms with Gasteiger partial charge in [-0.25, -0.2) is 0 Å². The summed E-state index contributed by atoms with van der Waals surface area (Å²) < 4.78 is 11.6. The molecule has 112 valence electrons. The van der Waals surface area contributed by atoms with E-state index in [1.54, 1.807) is 0 Å². The molecule has 0 aliphatic carbocycles. The summed E-state index contributed by atoms with van der Waals surface area (Å²) in [6.07, 6.45) is 2.40. The van der Waals surface area contributed by atoms with Gasteiger partial charge in [0.15, 0.2) is 0 Å². The van der Waals surface area contributed by atoms with Crippen LogP contribution in [0.25, 0.3) is 0 Å². The van der Waals surface area contributed by atoms with Crippen molar-refractivity contribution in [2.75, 3.05) is 32.9 Å². The number of ether oxygens (including phenoxy) is 2.